The highest BCUT2D eigenvalue weighted by atomic mass is 16.6. The van der Waals surface area contributed by atoms with Crippen molar-refractivity contribution in [2.24, 2.45) is 5.92 Å². The first-order valence-corrected chi connectivity index (χ1v) is 6.66. The number of amides is 1. The topological polar surface area (TPSA) is 84.1 Å². The van der Waals surface area contributed by atoms with E-state index in [9.17, 15) is 9.59 Å². The van der Waals surface area contributed by atoms with Crippen LogP contribution in [-0.2, 0) is 4.74 Å². The Morgan fingerprint density at radius 3 is 2.45 bits per heavy atom. The molecule has 112 valence electrons. The van der Waals surface area contributed by atoms with Gasteiger partial charge in [0.2, 0.25) is 0 Å². The van der Waals surface area contributed by atoms with Gasteiger partial charge in [0, 0.05) is 11.8 Å². The lowest BCUT2D eigenvalue weighted by molar-refractivity contribution is 0.0486. The fourth-order valence-electron chi connectivity index (χ4n) is 1.73. The Labute approximate surface area is 119 Å². The summed E-state index contributed by atoms with van der Waals surface area (Å²) in [6.45, 7) is 11.0. The summed E-state index contributed by atoms with van der Waals surface area (Å²) in [5.74, 6) is 0.503. The zero-order chi connectivity index (χ0) is 15.5. The Morgan fingerprint density at radius 2 is 2.00 bits per heavy atom. The second-order valence-corrected chi connectivity index (χ2v) is 6.14. The van der Waals surface area contributed by atoms with Crippen LogP contribution in [0.5, 0.6) is 0 Å². The van der Waals surface area contributed by atoms with Gasteiger partial charge >= 0.3 is 6.09 Å². The molecule has 0 fully saturated rings. The minimum absolute atomic E-state index is 0.0625. The van der Waals surface area contributed by atoms with Crippen molar-refractivity contribution in [2.45, 2.75) is 53.2 Å². The Bertz CT molecular complexity index is 529. The second kappa shape index (κ2) is 6.07. The van der Waals surface area contributed by atoms with Crippen LogP contribution in [0.3, 0.4) is 0 Å². The molecular formula is C14H23N3O3. The van der Waals surface area contributed by atoms with E-state index in [4.69, 9.17) is 4.74 Å². The molecule has 0 saturated carbocycles. The van der Waals surface area contributed by atoms with Crippen molar-refractivity contribution in [3.05, 3.63) is 27.9 Å². The number of H-pyrrole nitrogens is 1. The lowest BCUT2D eigenvalue weighted by atomic mass is 10.0. The Kier molecular flexibility index (Phi) is 4.92. The SMILES string of the molecule is Cc1cc(=O)[nH]c(C(NC(=O)OC(C)(C)C)C(C)C)n1. The smallest absolute Gasteiger partial charge is 0.408 e. The maximum absolute atomic E-state index is 11.9. The van der Waals surface area contributed by atoms with Crippen molar-refractivity contribution in [1.82, 2.24) is 15.3 Å². The van der Waals surface area contributed by atoms with Gasteiger partial charge in [0.15, 0.2) is 0 Å². The number of aromatic amines is 1. The van der Waals surface area contributed by atoms with Gasteiger partial charge < -0.3 is 15.0 Å². The van der Waals surface area contributed by atoms with Crippen molar-refractivity contribution in [3.8, 4) is 0 Å². The van der Waals surface area contributed by atoms with E-state index in [0.717, 1.165) is 0 Å². The summed E-state index contributed by atoms with van der Waals surface area (Å²) < 4.78 is 5.23. The molecule has 2 N–H and O–H groups in total. The van der Waals surface area contributed by atoms with Gasteiger partial charge in [-0.05, 0) is 33.6 Å². The van der Waals surface area contributed by atoms with Crippen molar-refractivity contribution in [1.29, 1.82) is 0 Å². The third kappa shape index (κ3) is 5.03. The molecule has 0 aliphatic rings. The Hall–Kier alpha value is -1.85. The molecule has 1 rings (SSSR count). The maximum Gasteiger partial charge on any atom is 0.408 e. The molecule has 1 aromatic rings. The lowest BCUT2D eigenvalue weighted by Crippen LogP contribution is -2.38. The van der Waals surface area contributed by atoms with E-state index < -0.39 is 17.7 Å². The van der Waals surface area contributed by atoms with E-state index in [-0.39, 0.29) is 11.5 Å². The quantitative estimate of drug-likeness (QED) is 0.890. The highest BCUT2D eigenvalue weighted by molar-refractivity contribution is 5.68. The van der Waals surface area contributed by atoms with Crippen molar-refractivity contribution in [2.75, 3.05) is 0 Å². The van der Waals surface area contributed by atoms with Crippen LogP contribution in [0.4, 0.5) is 4.79 Å². The molecule has 0 spiro atoms. The number of carbonyl (C=O) groups excluding carboxylic acids is 1. The molecule has 6 heteroatoms. The van der Waals surface area contributed by atoms with Gasteiger partial charge in [-0.1, -0.05) is 13.8 Å². The zero-order valence-electron chi connectivity index (χ0n) is 12.9. The van der Waals surface area contributed by atoms with Crippen LogP contribution in [0, 0.1) is 12.8 Å². The van der Waals surface area contributed by atoms with Gasteiger partial charge in [-0.2, -0.15) is 0 Å². The molecule has 0 radical (unpaired) electrons. The normalized spacial score (nSPS) is 13.2. The molecule has 1 unspecified atom stereocenters. The molecule has 0 aliphatic carbocycles. The number of hydrogen-bond acceptors (Lipinski definition) is 4. The van der Waals surface area contributed by atoms with Crippen LogP contribution in [-0.4, -0.2) is 21.7 Å². The summed E-state index contributed by atoms with van der Waals surface area (Å²) in [6.07, 6.45) is -0.527. The second-order valence-electron chi connectivity index (χ2n) is 6.14. The third-order valence-electron chi connectivity index (χ3n) is 2.52. The van der Waals surface area contributed by atoms with Crippen LogP contribution in [0.15, 0.2) is 10.9 Å². The number of hydrogen-bond donors (Lipinski definition) is 2. The van der Waals surface area contributed by atoms with Gasteiger partial charge in [-0.3, -0.25) is 4.79 Å². The van der Waals surface area contributed by atoms with Gasteiger partial charge in [0.25, 0.3) is 5.56 Å². The van der Waals surface area contributed by atoms with Gasteiger partial charge in [-0.25, -0.2) is 9.78 Å². The van der Waals surface area contributed by atoms with Crippen molar-refractivity contribution >= 4 is 6.09 Å². The van der Waals surface area contributed by atoms with E-state index in [1.807, 2.05) is 13.8 Å². The summed E-state index contributed by atoms with van der Waals surface area (Å²) in [4.78, 5) is 30.3. The standard InChI is InChI=1S/C14H23N3O3/c1-8(2)11(17-13(19)20-14(4,5)6)12-15-9(3)7-10(18)16-12/h7-8,11H,1-6H3,(H,17,19)(H,15,16,18). The van der Waals surface area contributed by atoms with Gasteiger partial charge in [-0.15, -0.1) is 0 Å². The first-order valence-electron chi connectivity index (χ1n) is 6.66. The van der Waals surface area contributed by atoms with Crippen LogP contribution in [0.25, 0.3) is 0 Å². The molecule has 0 bridgehead atoms. The summed E-state index contributed by atoms with van der Waals surface area (Å²) in [6, 6.07) is 1.01. The van der Waals surface area contributed by atoms with Crippen LogP contribution >= 0.6 is 0 Å². The Balaban J connectivity index is 2.95. The molecule has 1 atom stereocenters. The number of alkyl carbamates (subject to hydrolysis) is 1. The maximum atomic E-state index is 11.9. The average Bonchev–Trinajstić information content (AvgIpc) is 2.21. The first kappa shape index (κ1) is 16.2. The number of rotatable bonds is 3. The van der Waals surface area contributed by atoms with E-state index in [1.54, 1.807) is 27.7 Å². The van der Waals surface area contributed by atoms with Crippen LogP contribution in [0.1, 0.15) is 52.2 Å². The predicted molar refractivity (Wildman–Crippen MR) is 76.5 cm³/mol. The van der Waals surface area contributed by atoms with Crippen LogP contribution in [0.2, 0.25) is 0 Å². The van der Waals surface area contributed by atoms with Crippen LogP contribution < -0.4 is 10.9 Å². The number of aromatic nitrogens is 2. The van der Waals surface area contributed by atoms with E-state index in [0.29, 0.717) is 11.5 Å². The van der Waals surface area contributed by atoms with E-state index in [2.05, 4.69) is 15.3 Å². The first-order chi connectivity index (χ1) is 9.08. The molecular weight excluding hydrogens is 258 g/mol. The number of nitrogens with one attached hydrogen (secondary N) is 2. The fourth-order valence-corrected chi connectivity index (χ4v) is 1.73. The number of carbonyl (C=O) groups is 1. The molecule has 20 heavy (non-hydrogen) atoms. The fraction of sp³-hybridized carbons (Fsp3) is 0.643. The van der Waals surface area contributed by atoms with Gasteiger partial charge in [0.1, 0.15) is 11.4 Å². The van der Waals surface area contributed by atoms with Crippen molar-refractivity contribution in [3.63, 3.8) is 0 Å². The zero-order valence-corrected chi connectivity index (χ0v) is 12.9. The van der Waals surface area contributed by atoms with E-state index in [1.165, 1.54) is 6.07 Å². The number of ether oxygens (including phenoxy) is 1. The molecule has 1 heterocycles. The average molecular weight is 281 g/mol. The predicted octanol–water partition coefficient (Wildman–Crippen LogP) is 2.30. The summed E-state index contributed by atoms with van der Waals surface area (Å²) in [5.41, 5.74) is -0.191. The number of nitrogens with zero attached hydrogens (tertiary/aromatic N) is 1. The monoisotopic (exact) mass is 281 g/mol. The molecule has 6 nitrogen and oxygen atoms in total. The summed E-state index contributed by atoms with van der Waals surface area (Å²) in [7, 11) is 0. The minimum Gasteiger partial charge on any atom is -0.444 e. The third-order valence-corrected chi connectivity index (χ3v) is 2.52. The van der Waals surface area contributed by atoms with E-state index >= 15 is 0 Å². The Morgan fingerprint density at radius 1 is 1.40 bits per heavy atom. The molecule has 0 aromatic carbocycles. The largest absolute Gasteiger partial charge is 0.444 e. The highest BCUT2D eigenvalue weighted by Crippen LogP contribution is 2.18. The molecule has 0 saturated heterocycles. The van der Waals surface area contributed by atoms with Crippen molar-refractivity contribution < 1.29 is 9.53 Å². The lowest BCUT2D eigenvalue weighted by Gasteiger charge is -2.25. The summed E-state index contributed by atoms with van der Waals surface area (Å²) in [5, 5.41) is 2.75. The number of aryl methyl sites for hydroxylation is 1. The molecule has 0 aliphatic heterocycles. The minimum atomic E-state index is -0.570. The van der Waals surface area contributed by atoms with Gasteiger partial charge in [0.05, 0.1) is 6.04 Å². The summed E-state index contributed by atoms with van der Waals surface area (Å²) >= 11 is 0. The molecule has 1 amide bonds. The highest BCUT2D eigenvalue weighted by Gasteiger charge is 2.24. The molecule has 1 aromatic heterocycles.